The number of amides is 1. The van der Waals surface area contributed by atoms with Gasteiger partial charge < -0.3 is 9.88 Å². The maximum Gasteiger partial charge on any atom is 0.233 e. The minimum absolute atomic E-state index is 0.0329. The van der Waals surface area contributed by atoms with Crippen LogP contribution in [0.3, 0.4) is 0 Å². The first-order chi connectivity index (χ1) is 8.68. The maximum atomic E-state index is 11.3. The van der Waals surface area contributed by atoms with E-state index in [1.165, 1.54) is 0 Å². The zero-order valence-corrected chi connectivity index (χ0v) is 11.9. The molecule has 2 aromatic rings. The third kappa shape index (κ3) is 3.10. The Kier molecular flexibility index (Phi) is 4.36. The highest BCUT2D eigenvalue weighted by Crippen LogP contribution is 2.11. The topological polar surface area (TPSA) is 46.9 Å². The van der Waals surface area contributed by atoms with Crippen molar-refractivity contribution < 1.29 is 4.79 Å². The first-order valence-electron chi connectivity index (χ1n) is 6.00. The molecule has 0 aliphatic carbocycles. The number of benzene rings is 1. The van der Waals surface area contributed by atoms with Crippen LogP contribution in [0, 0.1) is 0 Å². The van der Waals surface area contributed by atoms with Crippen LogP contribution >= 0.6 is 15.9 Å². The fourth-order valence-electron chi connectivity index (χ4n) is 1.79. The first-order valence-corrected chi connectivity index (χ1v) is 6.91. The second-order valence-corrected chi connectivity index (χ2v) is 5.56. The highest BCUT2D eigenvalue weighted by molar-refractivity contribution is 9.10. The molecule has 0 fully saturated rings. The number of aromatic nitrogens is 2. The Bertz CT molecular complexity index is 536. The van der Waals surface area contributed by atoms with E-state index in [9.17, 15) is 4.79 Å². The molecule has 1 aromatic carbocycles. The number of nitrogens with one attached hydrogen (secondary N) is 1. The van der Waals surface area contributed by atoms with Crippen molar-refractivity contribution in [2.24, 2.45) is 0 Å². The fourth-order valence-corrected chi connectivity index (χ4v) is 1.95. The molecule has 2 rings (SSSR count). The van der Waals surface area contributed by atoms with Gasteiger partial charge in [-0.25, -0.2) is 4.98 Å². The van der Waals surface area contributed by atoms with Gasteiger partial charge in [0.2, 0.25) is 5.91 Å². The minimum atomic E-state index is -0.133. The summed E-state index contributed by atoms with van der Waals surface area (Å²) in [6.07, 6.45) is 2.74. The summed E-state index contributed by atoms with van der Waals surface area (Å²) < 4.78 is 2.11. The van der Waals surface area contributed by atoms with Crippen LogP contribution in [-0.2, 0) is 11.3 Å². The lowest BCUT2D eigenvalue weighted by atomic mass is 10.3. The number of carbonyl (C=O) groups excluding carboxylic acids is 1. The van der Waals surface area contributed by atoms with Gasteiger partial charge in [0.1, 0.15) is 0 Å². The lowest BCUT2D eigenvalue weighted by molar-refractivity contribution is -0.120. The molecule has 1 aromatic heterocycles. The number of hydrogen-bond acceptors (Lipinski definition) is 2. The zero-order chi connectivity index (χ0) is 13.0. The summed E-state index contributed by atoms with van der Waals surface area (Å²) in [4.78, 5) is 15.5. The van der Waals surface area contributed by atoms with E-state index in [4.69, 9.17) is 0 Å². The van der Waals surface area contributed by atoms with Gasteiger partial charge in [0, 0.05) is 13.1 Å². The average Bonchev–Trinajstić information content (AvgIpc) is 2.77. The van der Waals surface area contributed by atoms with Crippen LogP contribution in [0.5, 0.6) is 0 Å². The molecule has 1 unspecified atom stereocenters. The van der Waals surface area contributed by atoms with Gasteiger partial charge in [0.05, 0.1) is 22.2 Å². The van der Waals surface area contributed by atoms with Crippen molar-refractivity contribution in [3.05, 3.63) is 30.6 Å². The van der Waals surface area contributed by atoms with Crippen molar-refractivity contribution in [3.63, 3.8) is 0 Å². The van der Waals surface area contributed by atoms with Crippen LogP contribution in [0.15, 0.2) is 30.6 Å². The van der Waals surface area contributed by atoms with Crippen molar-refractivity contribution in [2.75, 3.05) is 6.54 Å². The molecule has 4 nitrogen and oxygen atoms in total. The number of alkyl halides is 1. The van der Waals surface area contributed by atoms with E-state index in [0.717, 1.165) is 24.0 Å². The number of aryl methyl sites for hydroxylation is 1. The number of carbonyl (C=O) groups is 1. The quantitative estimate of drug-likeness (QED) is 0.680. The predicted molar refractivity (Wildman–Crippen MR) is 75.7 cm³/mol. The normalized spacial score (nSPS) is 12.6. The highest BCUT2D eigenvalue weighted by Gasteiger charge is 2.07. The molecule has 1 N–H and O–H groups in total. The molecular weight excluding hydrogens is 294 g/mol. The average molecular weight is 310 g/mol. The van der Waals surface area contributed by atoms with Crippen LogP contribution in [0.4, 0.5) is 0 Å². The lowest BCUT2D eigenvalue weighted by Crippen LogP contribution is -2.30. The molecular formula is C13H16BrN3O. The number of rotatable bonds is 5. The third-order valence-corrected chi connectivity index (χ3v) is 3.18. The Morgan fingerprint density at radius 1 is 1.50 bits per heavy atom. The van der Waals surface area contributed by atoms with Gasteiger partial charge in [0.25, 0.3) is 0 Å². The van der Waals surface area contributed by atoms with Crippen molar-refractivity contribution in [1.82, 2.24) is 14.9 Å². The van der Waals surface area contributed by atoms with Gasteiger partial charge in [-0.3, -0.25) is 4.79 Å². The molecule has 0 spiro atoms. The fraction of sp³-hybridized carbons (Fsp3) is 0.385. The summed E-state index contributed by atoms with van der Waals surface area (Å²) in [7, 11) is 0. The van der Waals surface area contributed by atoms with E-state index in [2.05, 4.69) is 36.9 Å². The van der Waals surface area contributed by atoms with Crippen LogP contribution < -0.4 is 5.32 Å². The highest BCUT2D eigenvalue weighted by atomic mass is 79.9. The van der Waals surface area contributed by atoms with Crippen molar-refractivity contribution >= 4 is 32.9 Å². The van der Waals surface area contributed by atoms with E-state index in [0.29, 0.717) is 6.54 Å². The van der Waals surface area contributed by atoms with Crippen LogP contribution in [0.1, 0.15) is 13.3 Å². The number of para-hydroxylation sites is 2. The second kappa shape index (κ2) is 6.00. The van der Waals surface area contributed by atoms with Gasteiger partial charge in [-0.15, -0.1) is 0 Å². The van der Waals surface area contributed by atoms with E-state index < -0.39 is 0 Å². The van der Waals surface area contributed by atoms with Gasteiger partial charge in [0.15, 0.2) is 0 Å². The number of hydrogen-bond donors (Lipinski definition) is 1. The molecule has 0 bridgehead atoms. The van der Waals surface area contributed by atoms with Crippen LogP contribution in [0.2, 0.25) is 0 Å². The lowest BCUT2D eigenvalue weighted by Gasteiger charge is -2.07. The SMILES string of the molecule is CC(Br)C(=O)NCCCn1cnc2ccccc21. The van der Waals surface area contributed by atoms with Gasteiger partial charge in [-0.05, 0) is 25.5 Å². The van der Waals surface area contributed by atoms with E-state index >= 15 is 0 Å². The van der Waals surface area contributed by atoms with Crippen molar-refractivity contribution in [3.8, 4) is 0 Å². The Morgan fingerprint density at radius 3 is 3.06 bits per heavy atom. The molecule has 96 valence electrons. The zero-order valence-electron chi connectivity index (χ0n) is 10.3. The summed E-state index contributed by atoms with van der Waals surface area (Å²) in [5, 5.41) is 2.87. The summed E-state index contributed by atoms with van der Waals surface area (Å²) in [6.45, 7) is 3.36. The number of imidazole rings is 1. The summed E-state index contributed by atoms with van der Waals surface area (Å²) in [5.41, 5.74) is 2.15. The smallest absolute Gasteiger partial charge is 0.233 e. The third-order valence-electron chi connectivity index (χ3n) is 2.76. The van der Waals surface area contributed by atoms with Crippen molar-refractivity contribution in [1.29, 1.82) is 0 Å². The molecule has 1 heterocycles. The van der Waals surface area contributed by atoms with Crippen LogP contribution in [-0.4, -0.2) is 26.8 Å². The van der Waals surface area contributed by atoms with Gasteiger partial charge in [-0.1, -0.05) is 28.1 Å². The molecule has 1 atom stereocenters. The Labute approximate surface area is 115 Å². The van der Waals surface area contributed by atoms with E-state index in [1.54, 1.807) is 0 Å². The monoisotopic (exact) mass is 309 g/mol. The number of nitrogens with zero attached hydrogens (tertiary/aromatic N) is 2. The first kappa shape index (κ1) is 13.1. The second-order valence-electron chi connectivity index (χ2n) is 4.19. The van der Waals surface area contributed by atoms with Crippen molar-refractivity contribution in [2.45, 2.75) is 24.7 Å². The molecule has 0 aliphatic heterocycles. The summed E-state index contributed by atoms with van der Waals surface area (Å²) in [6, 6.07) is 8.05. The summed E-state index contributed by atoms with van der Waals surface area (Å²) >= 11 is 3.24. The Hall–Kier alpha value is -1.36. The Morgan fingerprint density at radius 2 is 2.28 bits per heavy atom. The maximum absolute atomic E-state index is 11.3. The number of halogens is 1. The minimum Gasteiger partial charge on any atom is -0.355 e. The largest absolute Gasteiger partial charge is 0.355 e. The van der Waals surface area contributed by atoms with E-state index in [1.807, 2.05) is 31.5 Å². The molecule has 1 amide bonds. The number of fused-ring (bicyclic) bond motifs is 1. The predicted octanol–water partition coefficient (Wildman–Crippen LogP) is 2.33. The van der Waals surface area contributed by atoms with Crippen LogP contribution in [0.25, 0.3) is 11.0 Å². The standard InChI is InChI=1S/C13H16BrN3O/c1-10(14)13(18)15-7-4-8-17-9-16-11-5-2-3-6-12(11)17/h2-3,5-6,9-10H,4,7-8H2,1H3,(H,15,18). The molecule has 5 heteroatoms. The molecule has 18 heavy (non-hydrogen) atoms. The molecule has 0 saturated heterocycles. The van der Waals surface area contributed by atoms with E-state index in [-0.39, 0.29) is 10.7 Å². The summed E-state index contributed by atoms with van der Waals surface area (Å²) in [5.74, 6) is 0.0329. The van der Waals surface area contributed by atoms with Gasteiger partial charge >= 0.3 is 0 Å². The molecule has 0 aliphatic rings. The van der Waals surface area contributed by atoms with Gasteiger partial charge in [-0.2, -0.15) is 0 Å². The molecule has 0 radical (unpaired) electrons. The molecule has 0 saturated carbocycles. The Balaban J connectivity index is 1.85.